The second-order valence-corrected chi connectivity index (χ2v) is 6.88. The lowest BCUT2D eigenvalue weighted by molar-refractivity contribution is 0.192. The lowest BCUT2D eigenvalue weighted by Crippen LogP contribution is -2.45. The molecule has 4 heteroatoms. The van der Waals surface area contributed by atoms with Gasteiger partial charge in [0.2, 0.25) is 0 Å². The fraction of sp³-hybridized carbons (Fsp3) is 0.692. The first-order valence-electron chi connectivity index (χ1n) is 6.38. The van der Waals surface area contributed by atoms with Crippen molar-refractivity contribution in [1.82, 2.24) is 10.6 Å². The van der Waals surface area contributed by atoms with Crippen LogP contribution in [0.3, 0.4) is 0 Å². The molecule has 0 saturated carbocycles. The number of nitrogens with one attached hydrogen (secondary N) is 2. The Morgan fingerprint density at radius 3 is 3.06 bits per heavy atom. The number of hydrogen-bond acceptors (Lipinski definition) is 3. The molecule has 1 atom stereocenters. The third-order valence-electron chi connectivity index (χ3n) is 3.73. The van der Waals surface area contributed by atoms with Gasteiger partial charge >= 0.3 is 0 Å². The van der Waals surface area contributed by atoms with E-state index >= 15 is 0 Å². The molecule has 0 radical (unpaired) electrons. The highest BCUT2D eigenvalue weighted by atomic mass is 79.9. The Labute approximate surface area is 116 Å². The van der Waals surface area contributed by atoms with Crippen LogP contribution in [0, 0.1) is 5.41 Å². The van der Waals surface area contributed by atoms with E-state index < -0.39 is 0 Å². The van der Waals surface area contributed by atoms with Gasteiger partial charge in [-0.25, -0.2) is 0 Å². The first kappa shape index (κ1) is 13.5. The average Bonchev–Trinajstić information content (AvgIpc) is 2.76. The van der Waals surface area contributed by atoms with Crippen LogP contribution in [0.4, 0.5) is 0 Å². The van der Waals surface area contributed by atoms with Crippen LogP contribution < -0.4 is 10.6 Å². The van der Waals surface area contributed by atoms with Crippen LogP contribution in [0.2, 0.25) is 0 Å². The normalized spacial score (nSPS) is 25.1. The summed E-state index contributed by atoms with van der Waals surface area (Å²) >= 11 is 5.32. The Kier molecular flexibility index (Phi) is 5.03. The number of hydrogen-bond donors (Lipinski definition) is 2. The molecule has 17 heavy (non-hydrogen) atoms. The van der Waals surface area contributed by atoms with Crippen molar-refractivity contribution in [2.24, 2.45) is 5.41 Å². The molecule has 2 nitrogen and oxygen atoms in total. The molecule has 1 fully saturated rings. The van der Waals surface area contributed by atoms with E-state index in [0.29, 0.717) is 5.41 Å². The summed E-state index contributed by atoms with van der Waals surface area (Å²) < 4.78 is 1.20. The molecule has 1 unspecified atom stereocenters. The first-order chi connectivity index (χ1) is 8.24. The van der Waals surface area contributed by atoms with Crippen molar-refractivity contribution in [1.29, 1.82) is 0 Å². The maximum atomic E-state index is 3.63. The lowest BCUT2D eigenvalue weighted by atomic mass is 9.78. The maximum Gasteiger partial charge on any atom is 0.0300 e. The van der Waals surface area contributed by atoms with E-state index in [4.69, 9.17) is 0 Å². The lowest BCUT2D eigenvalue weighted by Gasteiger charge is -2.37. The minimum absolute atomic E-state index is 0.479. The molecule has 0 aromatic carbocycles. The summed E-state index contributed by atoms with van der Waals surface area (Å²) in [6.45, 7) is 6.81. The van der Waals surface area contributed by atoms with E-state index in [1.54, 1.807) is 0 Å². The van der Waals surface area contributed by atoms with Gasteiger partial charge in [0.15, 0.2) is 0 Å². The van der Waals surface area contributed by atoms with Gasteiger partial charge in [-0.05, 0) is 53.2 Å². The molecule has 1 aliphatic heterocycles. The van der Waals surface area contributed by atoms with Crippen LogP contribution in [-0.2, 0) is 6.54 Å². The monoisotopic (exact) mass is 316 g/mol. The molecule has 0 aliphatic carbocycles. The summed E-state index contributed by atoms with van der Waals surface area (Å²) in [5.74, 6) is 0. The van der Waals surface area contributed by atoms with Gasteiger partial charge in [-0.15, -0.1) is 11.3 Å². The van der Waals surface area contributed by atoms with Gasteiger partial charge in [-0.3, -0.25) is 0 Å². The van der Waals surface area contributed by atoms with Crippen LogP contribution in [0.25, 0.3) is 0 Å². The quantitative estimate of drug-likeness (QED) is 0.870. The van der Waals surface area contributed by atoms with E-state index in [-0.39, 0.29) is 0 Å². The predicted molar refractivity (Wildman–Crippen MR) is 78.6 cm³/mol. The Hall–Kier alpha value is 0.1000. The van der Waals surface area contributed by atoms with E-state index in [1.807, 2.05) is 11.3 Å². The topological polar surface area (TPSA) is 24.1 Å². The Morgan fingerprint density at radius 1 is 1.59 bits per heavy atom. The van der Waals surface area contributed by atoms with Crippen molar-refractivity contribution >= 4 is 27.3 Å². The number of thiophene rings is 1. The summed E-state index contributed by atoms with van der Waals surface area (Å²) in [5, 5.41) is 9.31. The van der Waals surface area contributed by atoms with Crippen molar-refractivity contribution in [3.63, 3.8) is 0 Å². The highest BCUT2D eigenvalue weighted by Crippen LogP contribution is 2.29. The first-order valence-corrected chi connectivity index (χ1v) is 8.06. The summed E-state index contributed by atoms with van der Waals surface area (Å²) in [6, 6.07) is 2.20. The molecule has 2 N–H and O–H groups in total. The van der Waals surface area contributed by atoms with Crippen molar-refractivity contribution in [2.75, 3.05) is 19.6 Å². The summed E-state index contributed by atoms with van der Waals surface area (Å²) in [7, 11) is 0. The Bertz CT molecular complexity index is 345. The summed E-state index contributed by atoms with van der Waals surface area (Å²) in [4.78, 5) is 1.41. The third kappa shape index (κ3) is 3.78. The second-order valence-electron chi connectivity index (χ2n) is 4.97. The zero-order valence-electron chi connectivity index (χ0n) is 10.4. The fourth-order valence-corrected chi connectivity index (χ4v) is 3.93. The number of piperidine rings is 1. The van der Waals surface area contributed by atoms with Gasteiger partial charge in [0, 0.05) is 34.4 Å². The van der Waals surface area contributed by atoms with Crippen molar-refractivity contribution in [3.05, 3.63) is 20.8 Å². The molecule has 2 heterocycles. The third-order valence-corrected chi connectivity index (χ3v) is 5.43. The largest absolute Gasteiger partial charge is 0.316 e. The predicted octanol–water partition coefficient (Wildman–Crippen LogP) is 3.38. The summed E-state index contributed by atoms with van der Waals surface area (Å²) in [5.41, 5.74) is 0.479. The van der Waals surface area contributed by atoms with Crippen molar-refractivity contribution in [3.8, 4) is 0 Å². The van der Waals surface area contributed by atoms with Gasteiger partial charge in [-0.1, -0.05) is 6.92 Å². The fourth-order valence-electron chi connectivity index (χ4n) is 2.51. The Morgan fingerprint density at radius 2 is 2.47 bits per heavy atom. The number of halogens is 1. The average molecular weight is 317 g/mol. The minimum Gasteiger partial charge on any atom is -0.316 e. The van der Waals surface area contributed by atoms with Crippen LogP contribution in [-0.4, -0.2) is 19.6 Å². The SMILES string of the molecule is CCC1(CNCc2cc(Br)cs2)CCCNC1. The van der Waals surface area contributed by atoms with Crippen molar-refractivity contribution < 1.29 is 0 Å². The van der Waals surface area contributed by atoms with Gasteiger partial charge in [0.05, 0.1) is 0 Å². The summed E-state index contributed by atoms with van der Waals surface area (Å²) in [6.07, 6.45) is 3.94. The van der Waals surface area contributed by atoms with Gasteiger partial charge < -0.3 is 10.6 Å². The molecule has 0 spiro atoms. The molecular formula is C13H21BrN2S. The highest BCUT2D eigenvalue weighted by Gasteiger charge is 2.29. The van der Waals surface area contributed by atoms with E-state index in [9.17, 15) is 0 Å². The minimum atomic E-state index is 0.479. The smallest absolute Gasteiger partial charge is 0.0300 e. The molecule has 1 aliphatic rings. The van der Waals surface area contributed by atoms with Crippen LogP contribution in [0.5, 0.6) is 0 Å². The zero-order chi connectivity index (χ0) is 12.1. The second kappa shape index (κ2) is 6.32. The van der Waals surface area contributed by atoms with Crippen LogP contribution in [0.15, 0.2) is 15.9 Å². The standard InChI is InChI=1S/C13H21BrN2S/c1-2-13(4-3-5-15-9-13)10-16-7-12-6-11(14)8-17-12/h6,8,15-16H,2-5,7,9-10H2,1H3. The molecule has 1 aromatic heterocycles. The molecular weight excluding hydrogens is 296 g/mol. The van der Waals surface area contributed by atoms with Crippen LogP contribution in [0.1, 0.15) is 31.1 Å². The zero-order valence-corrected chi connectivity index (χ0v) is 12.8. The molecule has 0 amide bonds. The molecule has 1 aromatic rings. The molecule has 0 bridgehead atoms. The van der Waals surface area contributed by atoms with E-state index in [1.165, 1.54) is 41.7 Å². The van der Waals surface area contributed by atoms with Crippen LogP contribution >= 0.6 is 27.3 Å². The Balaban J connectivity index is 1.79. The maximum absolute atomic E-state index is 3.63. The molecule has 1 saturated heterocycles. The van der Waals surface area contributed by atoms with Gasteiger partial charge in [-0.2, -0.15) is 0 Å². The number of rotatable bonds is 5. The highest BCUT2D eigenvalue weighted by molar-refractivity contribution is 9.10. The molecule has 96 valence electrons. The van der Waals surface area contributed by atoms with E-state index in [0.717, 1.165) is 13.1 Å². The van der Waals surface area contributed by atoms with Crippen molar-refractivity contribution in [2.45, 2.75) is 32.7 Å². The van der Waals surface area contributed by atoms with Gasteiger partial charge in [0.1, 0.15) is 0 Å². The van der Waals surface area contributed by atoms with Gasteiger partial charge in [0.25, 0.3) is 0 Å². The van der Waals surface area contributed by atoms with E-state index in [2.05, 4.69) is 44.9 Å². The molecule has 2 rings (SSSR count).